The van der Waals surface area contributed by atoms with Crippen LogP contribution in [0.15, 0.2) is 59.7 Å². The van der Waals surface area contributed by atoms with Gasteiger partial charge in [0, 0.05) is 12.5 Å². The first kappa shape index (κ1) is 16.7. The van der Waals surface area contributed by atoms with Crippen LogP contribution in [-0.2, 0) is 9.59 Å². The van der Waals surface area contributed by atoms with Gasteiger partial charge in [0.2, 0.25) is 5.91 Å². The Bertz CT molecular complexity index is 899. The molecule has 2 heterocycles. The highest BCUT2D eigenvalue weighted by molar-refractivity contribution is 8.13. The number of nitrogens with one attached hydrogen (secondary N) is 1. The van der Waals surface area contributed by atoms with E-state index < -0.39 is 12.2 Å². The van der Waals surface area contributed by atoms with Crippen LogP contribution in [0.25, 0.3) is 0 Å². The van der Waals surface area contributed by atoms with Crippen LogP contribution in [0.2, 0.25) is 0 Å². The maximum atomic E-state index is 12.9. The lowest BCUT2D eigenvalue weighted by Crippen LogP contribution is -2.55. The Kier molecular flexibility index (Phi) is 4.16. The van der Waals surface area contributed by atoms with Gasteiger partial charge in [-0.05, 0) is 17.9 Å². The van der Waals surface area contributed by atoms with Crippen molar-refractivity contribution >= 4 is 34.4 Å². The quantitative estimate of drug-likeness (QED) is 0.843. The molecular weight excluding hydrogens is 348 g/mol. The van der Waals surface area contributed by atoms with Gasteiger partial charge < -0.3 is 5.32 Å². The number of carbonyl (C=O) groups is 2. The zero-order valence-corrected chi connectivity index (χ0v) is 15.2. The highest BCUT2D eigenvalue weighted by Gasteiger charge is 2.46. The lowest BCUT2D eigenvalue weighted by Gasteiger charge is -2.48. The summed E-state index contributed by atoms with van der Waals surface area (Å²) in [6.07, 6.45) is 1.37. The van der Waals surface area contributed by atoms with Gasteiger partial charge in [0.25, 0.3) is 5.91 Å². The van der Waals surface area contributed by atoms with Crippen molar-refractivity contribution in [1.29, 1.82) is 0 Å². The molecule has 0 saturated carbocycles. The van der Waals surface area contributed by atoms with Crippen LogP contribution in [-0.4, -0.2) is 28.2 Å². The number of hydrogen-bond donors (Lipinski definition) is 1. The van der Waals surface area contributed by atoms with Gasteiger partial charge >= 0.3 is 0 Å². The fraction of sp³-hybridized carbons (Fsp3) is 0.211. The summed E-state index contributed by atoms with van der Waals surface area (Å²) in [6.45, 7) is 1.54. The second-order valence-corrected chi connectivity index (χ2v) is 6.91. The van der Waals surface area contributed by atoms with Gasteiger partial charge in [-0.3, -0.25) is 19.5 Å². The van der Waals surface area contributed by atoms with Gasteiger partial charge in [0.05, 0.1) is 5.69 Å². The van der Waals surface area contributed by atoms with E-state index in [1.165, 1.54) is 18.7 Å². The molecule has 2 aliphatic heterocycles. The Morgan fingerprint density at radius 2 is 1.81 bits per heavy atom. The van der Waals surface area contributed by atoms with Crippen LogP contribution in [0.3, 0.4) is 0 Å². The molecule has 0 aliphatic carbocycles. The molecule has 1 N–H and O–H groups in total. The molecule has 0 unspecified atom stereocenters. The first-order chi connectivity index (χ1) is 12.6. The molecule has 2 aromatic carbocycles. The summed E-state index contributed by atoms with van der Waals surface area (Å²) in [7, 11) is 0. The molecule has 0 fully saturated rings. The molecule has 2 amide bonds. The van der Waals surface area contributed by atoms with Crippen molar-refractivity contribution < 1.29 is 9.59 Å². The molecular formula is C19H18N4O2S. The highest BCUT2D eigenvalue weighted by Crippen LogP contribution is 2.46. The molecule has 2 aromatic rings. The second kappa shape index (κ2) is 6.49. The first-order valence-electron chi connectivity index (χ1n) is 8.27. The molecule has 0 bridgehead atoms. The number of para-hydroxylation sites is 1. The Balaban J connectivity index is 1.98. The van der Waals surface area contributed by atoms with Gasteiger partial charge in [0.15, 0.2) is 17.4 Å². The van der Waals surface area contributed by atoms with Crippen molar-refractivity contribution in [2.24, 2.45) is 5.10 Å². The molecule has 2 aliphatic rings. The van der Waals surface area contributed by atoms with Crippen molar-refractivity contribution in [2.75, 3.05) is 11.2 Å². The fourth-order valence-corrected chi connectivity index (χ4v) is 3.89. The van der Waals surface area contributed by atoms with E-state index in [9.17, 15) is 9.59 Å². The van der Waals surface area contributed by atoms with E-state index in [1.54, 1.807) is 9.91 Å². The minimum Gasteiger partial charge on any atom is -0.302 e. The summed E-state index contributed by atoms with van der Waals surface area (Å²) < 4.78 is 0. The monoisotopic (exact) mass is 366 g/mol. The standard InChI is InChI=1S/C19H18N4O2S/c1-12(24)22-15-11-7-6-10-14(15)16-17(25)20-19(26-2)21-23(16)18(22)13-8-4-3-5-9-13/h3-11,16,18H,1-2H3,(H,20,21,25)/t16-,18-/m1/s1. The topological polar surface area (TPSA) is 65.0 Å². The number of fused-ring (bicyclic) bond motifs is 3. The van der Waals surface area contributed by atoms with E-state index in [0.717, 1.165) is 16.8 Å². The third kappa shape index (κ3) is 2.55. The van der Waals surface area contributed by atoms with Crippen molar-refractivity contribution in [3.8, 4) is 0 Å². The summed E-state index contributed by atoms with van der Waals surface area (Å²) in [5.41, 5.74) is 2.42. The number of hydrogen-bond acceptors (Lipinski definition) is 5. The van der Waals surface area contributed by atoms with Gasteiger partial charge in [-0.2, -0.15) is 0 Å². The summed E-state index contributed by atoms with van der Waals surface area (Å²) in [4.78, 5) is 27.2. The molecule has 0 spiro atoms. The number of amides is 2. The Morgan fingerprint density at radius 3 is 2.50 bits per heavy atom. The Morgan fingerprint density at radius 1 is 1.12 bits per heavy atom. The lowest BCUT2D eigenvalue weighted by atomic mass is 9.95. The molecule has 4 rings (SSSR count). The predicted octanol–water partition coefficient (Wildman–Crippen LogP) is 2.86. The van der Waals surface area contributed by atoms with Gasteiger partial charge in [0.1, 0.15) is 0 Å². The largest absolute Gasteiger partial charge is 0.302 e. The molecule has 2 atom stereocenters. The molecule has 132 valence electrons. The highest BCUT2D eigenvalue weighted by atomic mass is 32.2. The number of thioether (sulfide) groups is 1. The van der Waals surface area contributed by atoms with Gasteiger partial charge in [-0.1, -0.05) is 60.3 Å². The van der Waals surface area contributed by atoms with E-state index in [-0.39, 0.29) is 11.8 Å². The summed E-state index contributed by atoms with van der Waals surface area (Å²) >= 11 is 1.37. The SMILES string of the molecule is CSC1=NN2[C@H](c3ccccc3)N(C(C)=O)c3ccccc3[C@@H]2C(=O)N1. The van der Waals surface area contributed by atoms with Crippen molar-refractivity contribution in [1.82, 2.24) is 10.3 Å². The third-order valence-electron chi connectivity index (χ3n) is 4.57. The summed E-state index contributed by atoms with van der Waals surface area (Å²) in [6, 6.07) is 16.6. The minimum atomic E-state index is -0.581. The maximum Gasteiger partial charge on any atom is 0.255 e. The van der Waals surface area contributed by atoms with Gasteiger partial charge in [-0.15, -0.1) is 5.10 Å². The lowest BCUT2D eigenvalue weighted by molar-refractivity contribution is -0.129. The molecule has 0 radical (unpaired) electrons. The average molecular weight is 366 g/mol. The van der Waals surface area contributed by atoms with Crippen LogP contribution in [0.4, 0.5) is 5.69 Å². The molecule has 0 aromatic heterocycles. The second-order valence-electron chi connectivity index (χ2n) is 6.11. The Hall–Kier alpha value is -2.80. The Labute approximate surface area is 155 Å². The van der Waals surface area contributed by atoms with E-state index in [1.807, 2.05) is 60.9 Å². The van der Waals surface area contributed by atoms with Crippen LogP contribution in [0.1, 0.15) is 30.3 Å². The van der Waals surface area contributed by atoms with E-state index in [4.69, 9.17) is 0 Å². The van der Waals surface area contributed by atoms with E-state index in [2.05, 4.69) is 10.4 Å². The van der Waals surface area contributed by atoms with E-state index >= 15 is 0 Å². The van der Waals surface area contributed by atoms with Crippen molar-refractivity contribution in [2.45, 2.75) is 19.1 Å². The van der Waals surface area contributed by atoms with Crippen LogP contribution < -0.4 is 10.2 Å². The number of hydrazone groups is 1. The molecule has 26 heavy (non-hydrogen) atoms. The smallest absolute Gasteiger partial charge is 0.255 e. The average Bonchev–Trinajstić information content (AvgIpc) is 2.66. The minimum absolute atomic E-state index is 0.100. The number of nitrogens with zero attached hydrogens (tertiary/aromatic N) is 3. The third-order valence-corrected chi connectivity index (χ3v) is 5.14. The number of amidine groups is 1. The van der Waals surface area contributed by atoms with Crippen LogP contribution >= 0.6 is 11.8 Å². The predicted molar refractivity (Wildman–Crippen MR) is 102 cm³/mol. The summed E-state index contributed by atoms with van der Waals surface area (Å²) in [5, 5.41) is 9.76. The van der Waals surface area contributed by atoms with Crippen LogP contribution in [0.5, 0.6) is 0 Å². The number of anilines is 1. The van der Waals surface area contributed by atoms with Crippen LogP contribution in [0, 0.1) is 0 Å². The van der Waals surface area contributed by atoms with Gasteiger partial charge in [-0.25, -0.2) is 0 Å². The molecule has 0 saturated heterocycles. The molecule has 7 heteroatoms. The van der Waals surface area contributed by atoms with Crippen molar-refractivity contribution in [3.05, 3.63) is 65.7 Å². The fourth-order valence-electron chi connectivity index (χ4n) is 3.51. The summed E-state index contributed by atoms with van der Waals surface area (Å²) in [5.74, 6) is -0.238. The zero-order valence-electron chi connectivity index (χ0n) is 14.4. The number of carbonyl (C=O) groups excluding carboxylic acids is 2. The first-order valence-corrected chi connectivity index (χ1v) is 9.49. The zero-order chi connectivity index (χ0) is 18.3. The number of benzene rings is 2. The normalized spacial score (nSPS) is 21.5. The van der Waals surface area contributed by atoms with E-state index in [0.29, 0.717) is 5.17 Å². The maximum absolute atomic E-state index is 12.9. The molecule has 6 nitrogen and oxygen atoms in total. The number of rotatable bonds is 1. The van der Waals surface area contributed by atoms with Crippen molar-refractivity contribution in [3.63, 3.8) is 0 Å².